The number of nitrogens with zero attached hydrogens (tertiary/aromatic N) is 3. The first-order valence-electron chi connectivity index (χ1n) is 8.67. The van der Waals surface area contributed by atoms with Crippen molar-refractivity contribution in [3.8, 4) is 0 Å². The minimum atomic E-state index is 0.123. The Morgan fingerprint density at radius 2 is 1.79 bits per heavy atom. The van der Waals surface area contributed by atoms with Crippen LogP contribution in [0.2, 0.25) is 0 Å². The lowest BCUT2D eigenvalue weighted by Gasteiger charge is -2.17. The fourth-order valence-corrected chi connectivity index (χ4v) is 3.37. The van der Waals surface area contributed by atoms with Gasteiger partial charge >= 0.3 is 0 Å². The van der Waals surface area contributed by atoms with Crippen LogP contribution in [0.15, 0.2) is 42.6 Å². The molecule has 2 heterocycles. The molecule has 0 radical (unpaired) electrons. The smallest absolute Gasteiger partial charge is 0.127 e. The van der Waals surface area contributed by atoms with Crippen molar-refractivity contribution in [1.29, 1.82) is 0 Å². The van der Waals surface area contributed by atoms with Crippen LogP contribution in [-0.2, 0) is 19.6 Å². The number of rotatable bonds is 6. The number of anilines is 1. The van der Waals surface area contributed by atoms with Crippen molar-refractivity contribution >= 4 is 5.82 Å². The van der Waals surface area contributed by atoms with E-state index in [4.69, 9.17) is 5.11 Å². The van der Waals surface area contributed by atoms with E-state index in [1.165, 1.54) is 17.5 Å². The van der Waals surface area contributed by atoms with E-state index < -0.39 is 0 Å². The van der Waals surface area contributed by atoms with Crippen molar-refractivity contribution in [2.24, 2.45) is 5.92 Å². The highest BCUT2D eigenvalue weighted by Crippen LogP contribution is 2.23. The highest BCUT2D eigenvalue weighted by atomic mass is 16.3. The molecule has 24 heavy (non-hydrogen) atoms. The topological polar surface area (TPSA) is 39.6 Å². The summed E-state index contributed by atoms with van der Waals surface area (Å²) in [7, 11) is 4.03. The number of aromatic nitrogens is 1. The third-order valence-electron chi connectivity index (χ3n) is 4.77. The summed E-state index contributed by atoms with van der Waals surface area (Å²) >= 11 is 0. The number of aliphatic hydroxyl groups is 1. The molecule has 0 aliphatic carbocycles. The Balaban J connectivity index is 1.51. The van der Waals surface area contributed by atoms with E-state index in [9.17, 15) is 0 Å². The van der Waals surface area contributed by atoms with E-state index in [1.807, 2.05) is 37.3 Å². The number of hydrogen-bond acceptors (Lipinski definition) is 4. The summed E-state index contributed by atoms with van der Waals surface area (Å²) in [5.41, 5.74) is 3.64. The first kappa shape index (κ1) is 16.9. The van der Waals surface area contributed by atoms with Gasteiger partial charge in [0, 0.05) is 33.4 Å². The Morgan fingerprint density at radius 1 is 1.08 bits per heavy atom. The maximum atomic E-state index is 9.12. The molecule has 1 saturated heterocycles. The normalized spacial score (nSPS) is 18.0. The minimum Gasteiger partial charge on any atom is -0.392 e. The van der Waals surface area contributed by atoms with E-state index in [0.717, 1.165) is 43.4 Å². The largest absolute Gasteiger partial charge is 0.392 e. The molecule has 1 fully saturated rings. The molecule has 1 aliphatic heterocycles. The van der Waals surface area contributed by atoms with Gasteiger partial charge in [-0.2, -0.15) is 0 Å². The third kappa shape index (κ3) is 4.34. The van der Waals surface area contributed by atoms with Crippen LogP contribution in [0, 0.1) is 5.92 Å². The summed E-state index contributed by atoms with van der Waals surface area (Å²) < 4.78 is 0. The molecule has 0 bridgehead atoms. The molecule has 1 aliphatic rings. The maximum absolute atomic E-state index is 9.12. The van der Waals surface area contributed by atoms with Crippen molar-refractivity contribution < 1.29 is 5.11 Å². The predicted octanol–water partition coefficient (Wildman–Crippen LogP) is 2.70. The van der Waals surface area contributed by atoms with Crippen LogP contribution in [-0.4, -0.2) is 42.2 Å². The fourth-order valence-electron chi connectivity index (χ4n) is 3.37. The van der Waals surface area contributed by atoms with Crippen LogP contribution in [0.5, 0.6) is 0 Å². The first-order valence-corrected chi connectivity index (χ1v) is 8.67. The lowest BCUT2D eigenvalue weighted by molar-refractivity contribution is 0.282. The zero-order valence-corrected chi connectivity index (χ0v) is 14.7. The molecule has 0 amide bonds. The molecule has 1 aromatic carbocycles. The molecular weight excluding hydrogens is 298 g/mol. The molecule has 0 spiro atoms. The van der Waals surface area contributed by atoms with Crippen LogP contribution in [0.4, 0.5) is 5.82 Å². The molecule has 4 heteroatoms. The van der Waals surface area contributed by atoms with E-state index in [0.29, 0.717) is 0 Å². The van der Waals surface area contributed by atoms with Crippen LogP contribution in [0.1, 0.15) is 23.1 Å². The molecule has 1 aromatic heterocycles. The summed E-state index contributed by atoms with van der Waals surface area (Å²) in [6.07, 6.45) is 4.38. The first-order chi connectivity index (χ1) is 11.6. The Kier molecular flexibility index (Phi) is 5.48. The monoisotopic (exact) mass is 325 g/mol. The van der Waals surface area contributed by atoms with E-state index in [1.54, 1.807) is 0 Å². The molecule has 1 N–H and O–H groups in total. The van der Waals surface area contributed by atoms with E-state index >= 15 is 0 Å². The zero-order valence-electron chi connectivity index (χ0n) is 14.7. The molecule has 4 nitrogen and oxygen atoms in total. The summed E-state index contributed by atoms with van der Waals surface area (Å²) in [6, 6.07) is 12.6. The molecular formula is C20H27N3O. The summed E-state index contributed by atoms with van der Waals surface area (Å²) in [4.78, 5) is 9.05. The average molecular weight is 325 g/mol. The van der Waals surface area contributed by atoms with Gasteiger partial charge in [0.05, 0.1) is 6.61 Å². The molecule has 3 rings (SSSR count). The van der Waals surface area contributed by atoms with Crippen LogP contribution in [0.25, 0.3) is 0 Å². The van der Waals surface area contributed by atoms with Gasteiger partial charge in [0.2, 0.25) is 0 Å². The van der Waals surface area contributed by atoms with Gasteiger partial charge in [-0.1, -0.05) is 30.3 Å². The number of pyridine rings is 1. The summed E-state index contributed by atoms with van der Waals surface area (Å²) in [5, 5.41) is 9.12. The van der Waals surface area contributed by atoms with Gasteiger partial charge < -0.3 is 10.0 Å². The van der Waals surface area contributed by atoms with Gasteiger partial charge in [-0.25, -0.2) is 4.98 Å². The second-order valence-electron chi connectivity index (χ2n) is 6.99. The molecule has 1 unspecified atom stereocenters. The molecule has 0 saturated carbocycles. The van der Waals surface area contributed by atoms with E-state index in [-0.39, 0.29) is 6.61 Å². The van der Waals surface area contributed by atoms with Gasteiger partial charge in [0.15, 0.2) is 0 Å². The van der Waals surface area contributed by atoms with E-state index in [2.05, 4.69) is 34.1 Å². The number of hydrogen-bond donors (Lipinski definition) is 1. The number of likely N-dealkylation sites (tertiary alicyclic amines) is 1. The Bertz CT molecular complexity index is 637. The van der Waals surface area contributed by atoms with Crippen LogP contribution in [0.3, 0.4) is 0 Å². The fraction of sp³-hybridized carbons (Fsp3) is 0.450. The van der Waals surface area contributed by atoms with Crippen molar-refractivity contribution in [2.75, 3.05) is 32.1 Å². The minimum absolute atomic E-state index is 0.123. The summed E-state index contributed by atoms with van der Waals surface area (Å²) in [6.45, 7) is 3.42. The van der Waals surface area contributed by atoms with Crippen molar-refractivity contribution in [2.45, 2.75) is 26.0 Å². The maximum Gasteiger partial charge on any atom is 0.127 e. The Hall–Kier alpha value is -1.91. The van der Waals surface area contributed by atoms with Crippen molar-refractivity contribution in [3.63, 3.8) is 0 Å². The van der Waals surface area contributed by atoms with Gasteiger partial charge in [-0.3, -0.25) is 4.90 Å². The van der Waals surface area contributed by atoms with Crippen molar-refractivity contribution in [3.05, 3.63) is 59.3 Å². The third-order valence-corrected chi connectivity index (χ3v) is 4.77. The lowest BCUT2D eigenvalue weighted by atomic mass is 9.98. The standard InChI is InChI=1S/C20H27N3O/c1-22(2)20-8-7-19(12-21-20)14-23-10-9-18(13-23)11-16-3-5-17(15-24)6-4-16/h3-8,12,18,24H,9-11,13-15H2,1-2H3. The molecule has 1 atom stereocenters. The van der Waals surface area contributed by atoms with Gasteiger partial charge in [0.1, 0.15) is 5.82 Å². The second-order valence-corrected chi connectivity index (χ2v) is 6.99. The van der Waals surface area contributed by atoms with Crippen molar-refractivity contribution in [1.82, 2.24) is 9.88 Å². The SMILES string of the molecule is CN(C)c1ccc(CN2CCC(Cc3ccc(CO)cc3)C2)cn1. The molecule has 128 valence electrons. The van der Waals surface area contributed by atoms with Crippen LogP contribution < -0.4 is 4.90 Å². The summed E-state index contributed by atoms with van der Waals surface area (Å²) in [5.74, 6) is 1.73. The average Bonchev–Trinajstić information content (AvgIpc) is 3.03. The predicted molar refractivity (Wildman–Crippen MR) is 98.0 cm³/mol. The van der Waals surface area contributed by atoms with Gasteiger partial charge in [0.25, 0.3) is 0 Å². The Labute approximate surface area is 144 Å². The second kappa shape index (κ2) is 7.77. The van der Waals surface area contributed by atoms with Crippen LogP contribution >= 0.6 is 0 Å². The van der Waals surface area contributed by atoms with Gasteiger partial charge in [-0.05, 0) is 48.1 Å². The highest BCUT2D eigenvalue weighted by molar-refractivity contribution is 5.37. The lowest BCUT2D eigenvalue weighted by Crippen LogP contribution is -2.21. The zero-order chi connectivity index (χ0) is 16.9. The Morgan fingerprint density at radius 3 is 2.42 bits per heavy atom. The number of benzene rings is 1. The quantitative estimate of drug-likeness (QED) is 0.886. The molecule has 2 aromatic rings. The highest BCUT2D eigenvalue weighted by Gasteiger charge is 2.22. The number of aliphatic hydroxyl groups excluding tert-OH is 1. The van der Waals surface area contributed by atoms with Gasteiger partial charge in [-0.15, -0.1) is 0 Å².